The standard InChI is InChI=1S/C17H28N4OS.C6H12.C6H8.3C2H2/c1-12-20-15(6-7-18-2)16(23-12)13-10-19-11-14(13)17(22)21-8-4-3-5-9-21;2*1-2-4-6-5-3-1;3*1-2/h13-14,18-19H,3-11H2,1-2H3;1-6H2;1-4H,5-6H2;3*1-2H/p+2/t13-,14?;;;;;/m1...../s1. The third-order valence-corrected chi connectivity index (χ3v) is 8.68. The van der Waals surface area contributed by atoms with Gasteiger partial charge in [-0.3, -0.25) is 4.79 Å². The van der Waals surface area contributed by atoms with E-state index in [0.717, 1.165) is 44.2 Å². The smallest absolute Gasteiger partial charge is 0.232 e. The van der Waals surface area contributed by atoms with E-state index in [9.17, 15) is 4.79 Å². The van der Waals surface area contributed by atoms with Crippen LogP contribution in [0, 0.1) is 51.4 Å². The highest BCUT2D eigenvalue weighted by atomic mass is 32.1. The van der Waals surface area contributed by atoms with Crippen molar-refractivity contribution in [1.82, 2.24) is 9.88 Å². The second-order valence-corrected chi connectivity index (χ2v) is 11.6. The average molecular weight is 581 g/mol. The predicted molar refractivity (Wildman–Crippen MR) is 176 cm³/mol. The molecule has 226 valence electrons. The lowest BCUT2D eigenvalue weighted by atomic mass is 9.91. The van der Waals surface area contributed by atoms with Crippen molar-refractivity contribution in [3.63, 3.8) is 0 Å². The number of rotatable bonds is 5. The number of nitrogens with two attached hydrogens (primary N) is 2. The molecule has 0 radical (unpaired) electrons. The molecule has 1 amide bonds. The van der Waals surface area contributed by atoms with Gasteiger partial charge in [-0.05, 0) is 39.0 Å². The number of terminal acetylenes is 3. The molecule has 2 atom stereocenters. The average Bonchev–Trinajstić information content (AvgIpc) is 3.71. The number of hydrogen-bond donors (Lipinski definition) is 2. The highest BCUT2D eigenvalue weighted by Gasteiger charge is 2.41. The van der Waals surface area contributed by atoms with Crippen LogP contribution in [0.4, 0.5) is 0 Å². The van der Waals surface area contributed by atoms with Gasteiger partial charge in [-0.1, -0.05) is 62.8 Å². The number of amides is 1. The number of aryl methyl sites for hydroxylation is 1. The van der Waals surface area contributed by atoms with E-state index < -0.39 is 0 Å². The van der Waals surface area contributed by atoms with Crippen LogP contribution in [0.5, 0.6) is 0 Å². The molecule has 2 aliphatic heterocycles. The fraction of sp³-hybridized carbons (Fsp3) is 0.600. The quantitative estimate of drug-likeness (QED) is 0.505. The molecule has 1 unspecified atom stereocenters. The Balaban J connectivity index is 0.000000723. The van der Waals surface area contributed by atoms with E-state index in [4.69, 9.17) is 4.98 Å². The number of nitrogens with zero attached hydrogens (tertiary/aromatic N) is 2. The largest absolute Gasteiger partial charge is 0.348 e. The van der Waals surface area contributed by atoms with Crippen LogP contribution in [0.1, 0.15) is 92.1 Å². The van der Waals surface area contributed by atoms with Crippen molar-refractivity contribution in [1.29, 1.82) is 0 Å². The number of allylic oxidation sites excluding steroid dienone is 4. The van der Waals surface area contributed by atoms with Crippen LogP contribution >= 0.6 is 11.3 Å². The second kappa shape index (κ2) is 26.1. The summed E-state index contributed by atoms with van der Waals surface area (Å²) in [5, 5.41) is 5.67. The van der Waals surface area contributed by atoms with E-state index in [1.54, 1.807) is 0 Å². The molecule has 4 N–H and O–H groups in total. The lowest BCUT2D eigenvalue weighted by molar-refractivity contribution is -0.638. The Morgan fingerprint density at radius 1 is 0.902 bits per heavy atom. The lowest BCUT2D eigenvalue weighted by Gasteiger charge is -2.29. The van der Waals surface area contributed by atoms with E-state index >= 15 is 0 Å². The number of piperidine rings is 1. The van der Waals surface area contributed by atoms with E-state index in [1.807, 2.05) is 11.3 Å². The zero-order chi connectivity index (χ0) is 30.7. The van der Waals surface area contributed by atoms with Gasteiger partial charge >= 0.3 is 0 Å². The van der Waals surface area contributed by atoms with Crippen LogP contribution in [0.2, 0.25) is 0 Å². The number of likely N-dealkylation sites (tertiary alicyclic amines) is 1. The van der Waals surface area contributed by atoms with Gasteiger partial charge < -0.3 is 15.5 Å². The molecule has 5 nitrogen and oxygen atoms in total. The van der Waals surface area contributed by atoms with Gasteiger partial charge in [-0.15, -0.1) is 49.9 Å². The van der Waals surface area contributed by atoms with Crippen LogP contribution in [0.3, 0.4) is 0 Å². The minimum absolute atomic E-state index is 0.150. The van der Waals surface area contributed by atoms with Crippen molar-refractivity contribution in [3.8, 4) is 38.5 Å². The van der Waals surface area contributed by atoms with Gasteiger partial charge in [-0.2, -0.15) is 0 Å². The minimum Gasteiger partial charge on any atom is -0.348 e. The zero-order valence-corrected chi connectivity index (χ0v) is 26.6. The number of carbonyl (C=O) groups excluding carboxylic acids is 1. The monoisotopic (exact) mass is 580 g/mol. The molecule has 1 aromatic rings. The third kappa shape index (κ3) is 15.1. The first-order valence-electron chi connectivity index (χ1n) is 15.4. The molecule has 2 saturated heterocycles. The summed E-state index contributed by atoms with van der Waals surface area (Å²) in [5.41, 5.74) is 1.24. The first-order valence-corrected chi connectivity index (χ1v) is 16.2. The molecule has 5 rings (SSSR count). The SMILES string of the molecule is C#C.C#C.C#C.C1=CCCC=C1.C1CCCCC1.C[NH2+]CCc1nc(C)sc1[C@@H]1C[NH2+]CC1C(=O)N1CCCCC1. The van der Waals surface area contributed by atoms with E-state index in [1.165, 1.54) is 81.2 Å². The fourth-order valence-electron chi connectivity index (χ4n) is 5.53. The summed E-state index contributed by atoms with van der Waals surface area (Å²) in [6.07, 6.45) is 48.6. The molecule has 3 fully saturated rings. The van der Waals surface area contributed by atoms with E-state index in [-0.39, 0.29) is 5.92 Å². The minimum atomic E-state index is 0.150. The predicted octanol–water partition coefficient (Wildman–Crippen LogP) is 4.46. The normalized spacial score (nSPS) is 20.4. The highest BCUT2D eigenvalue weighted by molar-refractivity contribution is 7.11. The molecule has 3 heterocycles. The van der Waals surface area contributed by atoms with Gasteiger partial charge in [0.25, 0.3) is 0 Å². The summed E-state index contributed by atoms with van der Waals surface area (Å²) in [4.78, 5) is 21.3. The van der Waals surface area contributed by atoms with Crippen molar-refractivity contribution < 1.29 is 15.4 Å². The van der Waals surface area contributed by atoms with Crippen LogP contribution < -0.4 is 10.6 Å². The van der Waals surface area contributed by atoms with Gasteiger partial charge in [0.1, 0.15) is 5.92 Å². The van der Waals surface area contributed by atoms with Crippen molar-refractivity contribution in [2.24, 2.45) is 5.92 Å². The molecule has 6 heteroatoms. The first kappa shape index (κ1) is 38.2. The summed E-state index contributed by atoms with van der Waals surface area (Å²) in [5.74, 6) is 0.905. The van der Waals surface area contributed by atoms with E-state index in [2.05, 4.69) is 92.3 Å². The molecular weight excluding hydrogens is 524 g/mol. The Labute approximate surface area is 256 Å². The van der Waals surface area contributed by atoms with Crippen molar-refractivity contribution in [2.45, 2.75) is 89.9 Å². The topological polar surface area (TPSA) is 66.4 Å². The number of hydrogen-bond acceptors (Lipinski definition) is 3. The zero-order valence-electron chi connectivity index (χ0n) is 25.8. The maximum Gasteiger partial charge on any atom is 0.232 e. The van der Waals surface area contributed by atoms with Crippen molar-refractivity contribution in [2.75, 3.05) is 39.8 Å². The third-order valence-electron chi connectivity index (χ3n) is 7.54. The fourth-order valence-corrected chi connectivity index (χ4v) is 6.69. The lowest BCUT2D eigenvalue weighted by Crippen LogP contribution is -2.81. The molecule has 0 bridgehead atoms. The Bertz CT molecular complexity index is 879. The summed E-state index contributed by atoms with van der Waals surface area (Å²) in [6.45, 7) is 7.05. The highest BCUT2D eigenvalue weighted by Crippen LogP contribution is 2.34. The summed E-state index contributed by atoms with van der Waals surface area (Å²) < 4.78 is 0. The maximum absolute atomic E-state index is 13.0. The van der Waals surface area contributed by atoms with Crippen molar-refractivity contribution >= 4 is 17.2 Å². The number of thiazole rings is 1. The number of quaternary nitrogens is 2. The van der Waals surface area contributed by atoms with Gasteiger partial charge in [-0.25, -0.2) is 4.98 Å². The summed E-state index contributed by atoms with van der Waals surface area (Å²) >= 11 is 1.81. The Morgan fingerprint density at radius 3 is 1.88 bits per heavy atom. The van der Waals surface area contributed by atoms with Gasteiger partial charge in [0.15, 0.2) is 0 Å². The molecule has 41 heavy (non-hydrogen) atoms. The Morgan fingerprint density at radius 2 is 1.41 bits per heavy atom. The van der Waals surface area contributed by atoms with Gasteiger partial charge in [0, 0.05) is 24.4 Å². The second-order valence-electron chi connectivity index (χ2n) is 10.4. The number of carbonyl (C=O) groups is 1. The molecular formula is C35H56N4OS+2. The van der Waals surface area contributed by atoms with Crippen LogP contribution in [-0.2, 0) is 11.2 Å². The molecule has 0 aromatic carbocycles. The molecule has 2 aliphatic carbocycles. The molecule has 4 aliphatic rings. The Kier molecular flexibility index (Phi) is 24.3. The molecule has 1 saturated carbocycles. The Hall–Kier alpha value is -2.82. The maximum atomic E-state index is 13.0. The van der Waals surface area contributed by atoms with Gasteiger partial charge in [0.05, 0.1) is 43.3 Å². The first-order chi connectivity index (χ1) is 20.2. The number of likely N-dealkylation sites (N-methyl/N-ethyl adjacent to an activating group) is 1. The summed E-state index contributed by atoms with van der Waals surface area (Å²) in [7, 11) is 2.10. The van der Waals surface area contributed by atoms with Crippen LogP contribution in [0.15, 0.2) is 24.3 Å². The van der Waals surface area contributed by atoms with Crippen molar-refractivity contribution in [3.05, 3.63) is 39.9 Å². The van der Waals surface area contributed by atoms with Gasteiger partial charge in [0.2, 0.25) is 5.91 Å². The molecule has 1 aromatic heterocycles. The number of aromatic nitrogens is 1. The van der Waals surface area contributed by atoms with Crippen LogP contribution in [0.25, 0.3) is 0 Å². The summed E-state index contributed by atoms with van der Waals surface area (Å²) in [6, 6.07) is 0. The van der Waals surface area contributed by atoms with E-state index in [0.29, 0.717) is 11.8 Å². The van der Waals surface area contributed by atoms with Crippen LogP contribution in [-0.4, -0.2) is 55.6 Å². The molecule has 0 spiro atoms.